The molecule has 0 saturated carbocycles. The monoisotopic (exact) mass is 319 g/mol. The van der Waals surface area contributed by atoms with E-state index >= 15 is 0 Å². The van der Waals surface area contributed by atoms with Crippen LogP contribution in [0.5, 0.6) is 0 Å². The number of carbonyl (C=O) groups excluding carboxylic acids is 1. The molecule has 0 aliphatic rings. The molecule has 130 valence electrons. The standard InChI is InChI=1S/C20H33NO2/c1-16(2)10-8-6-7-9-11-17-12-14-18(15-13-17)21-19(22)23-20(3,4)5/h12-16H,6-11H2,1-5H3,(H,21,22). The molecule has 23 heavy (non-hydrogen) atoms. The quantitative estimate of drug-likeness (QED) is 0.581. The van der Waals surface area contributed by atoms with Crippen LogP contribution in [0, 0.1) is 5.92 Å². The van der Waals surface area contributed by atoms with E-state index in [0.29, 0.717) is 0 Å². The molecule has 1 N–H and O–H groups in total. The molecule has 0 spiro atoms. The third-order valence-electron chi connectivity index (χ3n) is 3.60. The van der Waals surface area contributed by atoms with Crippen LogP contribution in [-0.2, 0) is 11.2 Å². The van der Waals surface area contributed by atoms with Gasteiger partial charge >= 0.3 is 6.09 Å². The van der Waals surface area contributed by atoms with Gasteiger partial charge in [0, 0.05) is 5.69 Å². The number of anilines is 1. The van der Waals surface area contributed by atoms with Gasteiger partial charge in [0.25, 0.3) is 0 Å². The van der Waals surface area contributed by atoms with E-state index in [1.165, 1.54) is 37.7 Å². The van der Waals surface area contributed by atoms with Crippen LogP contribution in [0.3, 0.4) is 0 Å². The van der Waals surface area contributed by atoms with Gasteiger partial charge in [-0.15, -0.1) is 0 Å². The highest BCUT2D eigenvalue weighted by Gasteiger charge is 2.15. The summed E-state index contributed by atoms with van der Waals surface area (Å²) >= 11 is 0. The van der Waals surface area contributed by atoms with E-state index in [0.717, 1.165) is 18.0 Å². The Balaban J connectivity index is 2.27. The molecule has 1 rings (SSSR count). The predicted octanol–water partition coefficient (Wildman–Crippen LogP) is 6.18. The fourth-order valence-electron chi connectivity index (χ4n) is 2.41. The van der Waals surface area contributed by atoms with Crippen molar-refractivity contribution in [1.29, 1.82) is 0 Å². The molecule has 1 aromatic carbocycles. The lowest BCUT2D eigenvalue weighted by molar-refractivity contribution is 0.0636. The average molecular weight is 319 g/mol. The summed E-state index contributed by atoms with van der Waals surface area (Å²) in [6.07, 6.45) is 7.24. The molecular weight excluding hydrogens is 286 g/mol. The number of rotatable bonds is 8. The third-order valence-corrected chi connectivity index (χ3v) is 3.60. The first-order valence-electron chi connectivity index (χ1n) is 8.85. The Morgan fingerprint density at radius 3 is 2.22 bits per heavy atom. The highest BCUT2D eigenvalue weighted by atomic mass is 16.6. The summed E-state index contributed by atoms with van der Waals surface area (Å²) in [5, 5.41) is 2.76. The maximum absolute atomic E-state index is 11.7. The molecule has 0 radical (unpaired) electrons. The molecule has 1 amide bonds. The van der Waals surface area contributed by atoms with Crippen LogP contribution < -0.4 is 5.32 Å². The molecule has 3 nitrogen and oxygen atoms in total. The van der Waals surface area contributed by atoms with Crippen molar-refractivity contribution < 1.29 is 9.53 Å². The lowest BCUT2D eigenvalue weighted by Gasteiger charge is -2.19. The Labute approximate surface area is 141 Å². The largest absolute Gasteiger partial charge is 0.444 e. The van der Waals surface area contributed by atoms with E-state index < -0.39 is 11.7 Å². The van der Waals surface area contributed by atoms with Crippen LogP contribution in [0.25, 0.3) is 0 Å². The topological polar surface area (TPSA) is 38.3 Å². The summed E-state index contributed by atoms with van der Waals surface area (Å²) in [4.78, 5) is 11.7. The molecule has 0 saturated heterocycles. The summed E-state index contributed by atoms with van der Waals surface area (Å²) in [5.74, 6) is 0.819. The number of nitrogens with one attached hydrogen (secondary N) is 1. The number of aryl methyl sites for hydroxylation is 1. The molecule has 0 bridgehead atoms. The normalized spacial score (nSPS) is 11.6. The second-order valence-electron chi connectivity index (χ2n) is 7.67. The molecule has 0 aliphatic heterocycles. The van der Waals surface area contributed by atoms with Crippen molar-refractivity contribution in [1.82, 2.24) is 0 Å². The predicted molar refractivity (Wildman–Crippen MR) is 97.9 cm³/mol. The van der Waals surface area contributed by atoms with Crippen molar-refractivity contribution in [2.75, 3.05) is 5.32 Å². The zero-order valence-corrected chi connectivity index (χ0v) is 15.4. The van der Waals surface area contributed by atoms with E-state index in [9.17, 15) is 4.79 Å². The highest BCUT2D eigenvalue weighted by Crippen LogP contribution is 2.15. The number of hydrogen-bond donors (Lipinski definition) is 1. The molecule has 0 unspecified atom stereocenters. The van der Waals surface area contributed by atoms with Crippen LogP contribution in [0.15, 0.2) is 24.3 Å². The van der Waals surface area contributed by atoms with Crippen LogP contribution in [0.2, 0.25) is 0 Å². The number of ether oxygens (including phenoxy) is 1. The van der Waals surface area contributed by atoms with Crippen molar-refractivity contribution in [3.8, 4) is 0 Å². The van der Waals surface area contributed by atoms with E-state index in [4.69, 9.17) is 4.74 Å². The smallest absolute Gasteiger partial charge is 0.412 e. The van der Waals surface area contributed by atoms with Crippen molar-refractivity contribution in [2.24, 2.45) is 5.92 Å². The van der Waals surface area contributed by atoms with Crippen molar-refractivity contribution in [3.63, 3.8) is 0 Å². The molecule has 3 heteroatoms. The molecule has 0 atom stereocenters. The summed E-state index contributed by atoms with van der Waals surface area (Å²) in [7, 11) is 0. The Bertz CT molecular complexity index is 458. The third kappa shape index (κ3) is 9.98. The van der Waals surface area contributed by atoms with Gasteiger partial charge in [0.15, 0.2) is 0 Å². The summed E-state index contributed by atoms with van der Waals surface area (Å²) in [6.45, 7) is 10.1. The van der Waals surface area contributed by atoms with E-state index in [-0.39, 0.29) is 0 Å². The van der Waals surface area contributed by atoms with Gasteiger partial charge in [-0.2, -0.15) is 0 Å². The van der Waals surface area contributed by atoms with Crippen LogP contribution in [0.1, 0.15) is 72.3 Å². The lowest BCUT2D eigenvalue weighted by Crippen LogP contribution is -2.27. The number of carbonyl (C=O) groups is 1. The summed E-state index contributed by atoms with van der Waals surface area (Å²) in [6, 6.07) is 8.05. The van der Waals surface area contributed by atoms with Gasteiger partial charge in [0.1, 0.15) is 5.60 Å². The Morgan fingerprint density at radius 1 is 1.04 bits per heavy atom. The zero-order valence-electron chi connectivity index (χ0n) is 15.4. The van der Waals surface area contributed by atoms with Crippen molar-refractivity contribution >= 4 is 11.8 Å². The van der Waals surface area contributed by atoms with Crippen LogP contribution in [-0.4, -0.2) is 11.7 Å². The molecule has 1 aromatic rings. The molecular formula is C20H33NO2. The molecule has 0 fully saturated rings. The minimum Gasteiger partial charge on any atom is -0.444 e. The molecule has 0 heterocycles. The number of benzene rings is 1. The van der Waals surface area contributed by atoms with Crippen LogP contribution in [0.4, 0.5) is 10.5 Å². The van der Waals surface area contributed by atoms with Crippen LogP contribution >= 0.6 is 0 Å². The van der Waals surface area contributed by atoms with Gasteiger partial charge in [-0.3, -0.25) is 5.32 Å². The lowest BCUT2D eigenvalue weighted by atomic mass is 10.0. The number of hydrogen-bond acceptors (Lipinski definition) is 2. The Morgan fingerprint density at radius 2 is 1.65 bits per heavy atom. The molecule has 0 aliphatic carbocycles. The van der Waals surface area contributed by atoms with Crippen molar-refractivity contribution in [3.05, 3.63) is 29.8 Å². The van der Waals surface area contributed by atoms with Gasteiger partial charge < -0.3 is 4.74 Å². The average Bonchev–Trinajstić information content (AvgIpc) is 2.42. The maximum Gasteiger partial charge on any atom is 0.412 e. The summed E-state index contributed by atoms with van der Waals surface area (Å²) < 4.78 is 5.24. The fourth-order valence-corrected chi connectivity index (χ4v) is 2.41. The van der Waals surface area contributed by atoms with Crippen molar-refractivity contribution in [2.45, 2.75) is 78.7 Å². The maximum atomic E-state index is 11.7. The van der Waals surface area contributed by atoms with Gasteiger partial charge in [-0.25, -0.2) is 4.79 Å². The van der Waals surface area contributed by atoms with E-state index in [1.807, 2.05) is 32.9 Å². The highest BCUT2D eigenvalue weighted by molar-refractivity contribution is 5.84. The second-order valence-corrected chi connectivity index (χ2v) is 7.67. The SMILES string of the molecule is CC(C)CCCCCCc1ccc(NC(=O)OC(C)(C)C)cc1. The summed E-state index contributed by atoms with van der Waals surface area (Å²) in [5.41, 5.74) is 1.63. The fraction of sp³-hybridized carbons (Fsp3) is 0.650. The van der Waals surface area contributed by atoms with E-state index in [1.54, 1.807) is 0 Å². The minimum absolute atomic E-state index is 0.407. The second kappa shape index (κ2) is 9.59. The zero-order chi connectivity index (χ0) is 17.3. The van der Waals surface area contributed by atoms with Gasteiger partial charge in [-0.1, -0.05) is 51.7 Å². The number of unbranched alkanes of at least 4 members (excludes halogenated alkanes) is 3. The first-order chi connectivity index (χ1) is 10.8. The Hall–Kier alpha value is -1.51. The first-order valence-corrected chi connectivity index (χ1v) is 8.85. The Kier molecular flexibility index (Phi) is 8.15. The minimum atomic E-state index is -0.473. The first kappa shape index (κ1) is 19.5. The molecule has 0 aromatic heterocycles. The van der Waals surface area contributed by atoms with Gasteiger partial charge in [-0.05, 0) is 57.2 Å². The van der Waals surface area contributed by atoms with Gasteiger partial charge in [0.2, 0.25) is 0 Å². The van der Waals surface area contributed by atoms with E-state index in [2.05, 4.69) is 31.3 Å². The van der Waals surface area contributed by atoms with Gasteiger partial charge in [0.05, 0.1) is 0 Å². The number of amides is 1.